The number of benzene rings is 3. The summed E-state index contributed by atoms with van der Waals surface area (Å²) < 4.78 is 67.1. The molecule has 9 heteroatoms. The Morgan fingerprint density at radius 2 is 1.68 bits per heavy atom. The highest BCUT2D eigenvalue weighted by Crippen LogP contribution is 2.30. The number of pyridine rings is 1. The Morgan fingerprint density at radius 3 is 2.40 bits per heavy atom. The lowest BCUT2D eigenvalue weighted by molar-refractivity contribution is -0.137. The van der Waals surface area contributed by atoms with Gasteiger partial charge in [0.05, 0.1) is 34.9 Å². The molecule has 0 saturated carbocycles. The monoisotopic (exact) mass is 547 g/mol. The number of para-hydroxylation sites is 2. The summed E-state index contributed by atoms with van der Waals surface area (Å²) >= 11 is 0. The van der Waals surface area contributed by atoms with Crippen molar-refractivity contribution >= 4 is 11.0 Å². The molecular weight excluding hydrogens is 522 g/mol. The van der Waals surface area contributed by atoms with Gasteiger partial charge in [0.15, 0.2) is 0 Å². The number of hydrogen-bond acceptors (Lipinski definition) is 4. The molecule has 5 aromatic rings. The van der Waals surface area contributed by atoms with Gasteiger partial charge in [0.2, 0.25) is 5.88 Å². The number of nitrogens with zero attached hydrogens (tertiary/aromatic N) is 3. The Bertz CT molecular complexity index is 1640. The van der Waals surface area contributed by atoms with E-state index in [1.165, 1.54) is 18.2 Å². The molecule has 0 spiro atoms. The molecule has 40 heavy (non-hydrogen) atoms. The fourth-order valence-corrected chi connectivity index (χ4v) is 4.75. The Labute approximate surface area is 228 Å². The molecule has 1 saturated heterocycles. The van der Waals surface area contributed by atoms with Crippen molar-refractivity contribution < 1.29 is 27.0 Å². The first kappa shape index (κ1) is 26.0. The number of alkyl halides is 3. The average Bonchev–Trinajstić information content (AvgIpc) is 3.26. The average molecular weight is 548 g/mol. The molecule has 1 fully saturated rings. The van der Waals surface area contributed by atoms with Crippen LogP contribution >= 0.6 is 0 Å². The highest BCUT2D eigenvalue weighted by molar-refractivity contribution is 5.76. The van der Waals surface area contributed by atoms with Crippen molar-refractivity contribution in [2.45, 2.75) is 38.3 Å². The zero-order chi connectivity index (χ0) is 27.7. The molecule has 2 aromatic heterocycles. The zero-order valence-corrected chi connectivity index (χ0v) is 21.4. The summed E-state index contributed by atoms with van der Waals surface area (Å²) in [6.45, 7) is 1.51. The van der Waals surface area contributed by atoms with E-state index in [4.69, 9.17) is 14.5 Å². The minimum atomic E-state index is -4.39. The highest BCUT2D eigenvalue weighted by atomic mass is 19.4. The highest BCUT2D eigenvalue weighted by Gasteiger charge is 2.30. The van der Waals surface area contributed by atoms with Gasteiger partial charge in [-0.15, -0.1) is 0 Å². The van der Waals surface area contributed by atoms with Gasteiger partial charge in [-0.05, 0) is 60.0 Å². The molecule has 3 aromatic carbocycles. The van der Waals surface area contributed by atoms with E-state index >= 15 is 4.39 Å². The normalized spacial score (nSPS) is 15.2. The van der Waals surface area contributed by atoms with Gasteiger partial charge in [-0.3, -0.25) is 0 Å². The van der Waals surface area contributed by atoms with E-state index in [0.29, 0.717) is 29.8 Å². The lowest BCUT2D eigenvalue weighted by Gasteiger charge is -2.27. The van der Waals surface area contributed by atoms with Gasteiger partial charge in [0, 0.05) is 24.7 Å². The third-order valence-electron chi connectivity index (χ3n) is 6.98. The van der Waals surface area contributed by atoms with Crippen LogP contribution in [0.2, 0.25) is 0 Å². The molecule has 0 amide bonds. The molecule has 0 unspecified atom stereocenters. The summed E-state index contributed by atoms with van der Waals surface area (Å²) in [5.41, 5.74) is 3.25. The van der Waals surface area contributed by atoms with Crippen molar-refractivity contribution in [2.24, 2.45) is 0 Å². The summed E-state index contributed by atoms with van der Waals surface area (Å²) in [7, 11) is 0. The smallest absolute Gasteiger partial charge is 0.416 e. The van der Waals surface area contributed by atoms with Crippen LogP contribution in [0.25, 0.3) is 22.3 Å². The lowest BCUT2D eigenvalue weighted by atomic mass is 10.1. The third kappa shape index (κ3) is 5.56. The first-order valence-corrected chi connectivity index (χ1v) is 12.9. The Kier molecular flexibility index (Phi) is 6.98. The van der Waals surface area contributed by atoms with Crippen molar-refractivity contribution in [2.75, 3.05) is 6.61 Å². The van der Waals surface area contributed by atoms with Crippen molar-refractivity contribution in [1.82, 2.24) is 14.5 Å². The van der Waals surface area contributed by atoms with Gasteiger partial charge in [0.25, 0.3) is 0 Å². The number of halogens is 4. The molecule has 204 valence electrons. The molecule has 3 heterocycles. The first-order chi connectivity index (χ1) is 19.3. The molecule has 1 atom stereocenters. The minimum Gasteiger partial charge on any atom is -0.473 e. The topological polar surface area (TPSA) is 49.2 Å². The molecule has 0 N–H and O–H groups in total. The van der Waals surface area contributed by atoms with Crippen molar-refractivity contribution in [1.29, 1.82) is 0 Å². The lowest BCUT2D eigenvalue weighted by Crippen LogP contribution is -2.31. The van der Waals surface area contributed by atoms with E-state index < -0.39 is 17.6 Å². The quantitative estimate of drug-likeness (QED) is 0.193. The molecule has 5 nitrogen and oxygen atoms in total. The van der Waals surface area contributed by atoms with Gasteiger partial charge < -0.3 is 14.0 Å². The number of rotatable bonds is 8. The molecule has 1 aliphatic rings. The predicted octanol–water partition coefficient (Wildman–Crippen LogP) is 7.21. The summed E-state index contributed by atoms with van der Waals surface area (Å²) in [6.07, 6.45) is -2.76. The second-order valence-electron chi connectivity index (χ2n) is 9.74. The number of imidazole rings is 1. The van der Waals surface area contributed by atoms with Crippen LogP contribution in [0.4, 0.5) is 17.6 Å². The number of aromatic nitrogens is 3. The maximum Gasteiger partial charge on any atom is 0.416 e. The van der Waals surface area contributed by atoms with Crippen molar-refractivity contribution in [3.8, 4) is 17.1 Å². The molecule has 6 rings (SSSR count). The van der Waals surface area contributed by atoms with Crippen LogP contribution in [0.3, 0.4) is 0 Å². The van der Waals surface area contributed by atoms with Crippen LogP contribution in [0.15, 0.2) is 84.9 Å². The third-order valence-corrected chi connectivity index (χ3v) is 6.98. The van der Waals surface area contributed by atoms with Gasteiger partial charge in [-0.2, -0.15) is 13.2 Å². The molecule has 0 bridgehead atoms. The summed E-state index contributed by atoms with van der Waals surface area (Å²) in [5, 5.41) is 0. The van der Waals surface area contributed by atoms with Gasteiger partial charge in [-0.1, -0.05) is 36.4 Å². The van der Waals surface area contributed by atoms with Crippen LogP contribution < -0.4 is 4.74 Å². The standard InChI is InChI=1S/C31H25F4N3O2/c32-25-16-21(17-29-36-27-4-1-2-6-28(27)38(29)18-23-14-15-39-23)10-13-24(25)26-5-3-7-30(37-26)40-19-20-8-11-22(12-9-20)31(33,34)35/h1-13,16,23H,14-15,17-19H2/t23-/m0/s1. The van der Waals surface area contributed by atoms with E-state index in [0.717, 1.165) is 47.6 Å². The summed E-state index contributed by atoms with van der Waals surface area (Å²) in [4.78, 5) is 9.21. The molecule has 0 radical (unpaired) electrons. The number of hydrogen-bond donors (Lipinski definition) is 0. The van der Waals surface area contributed by atoms with Crippen LogP contribution in [0, 0.1) is 5.82 Å². The first-order valence-electron chi connectivity index (χ1n) is 12.9. The Morgan fingerprint density at radius 1 is 0.900 bits per heavy atom. The number of ether oxygens (including phenoxy) is 2. The number of fused-ring (bicyclic) bond motifs is 1. The van der Waals surface area contributed by atoms with Gasteiger partial charge in [0.1, 0.15) is 18.2 Å². The van der Waals surface area contributed by atoms with Crippen LogP contribution in [-0.4, -0.2) is 27.2 Å². The SMILES string of the molecule is Fc1cc(Cc2nc3ccccc3n2C[C@@H]2CCO2)ccc1-c1cccc(OCc2ccc(C(F)(F)F)cc2)n1. The van der Waals surface area contributed by atoms with E-state index in [2.05, 4.69) is 9.55 Å². The molecule has 0 aliphatic carbocycles. The maximum atomic E-state index is 15.3. The predicted molar refractivity (Wildman–Crippen MR) is 142 cm³/mol. The zero-order valence-electron chi connectivity index (χ0n) is 21.4. The van der Waals surface area contributed by atoms with E-state index in [9.17, 15) is 13.2 Å². The largest absolute Gasteiger partial charge is 0.473 e. The fourth-order valence-electron chi connectivity index (χ4n) is 4.75. The van der Waals surface area contributed by atoms with Crippen molar-refractivity contribution in [3.05, 3.63) is 113 Å². The van der Waals surface area contributed by atoms with Crippen molar-refractivity contribution in [3.63, 3.8) is 0 Å². The van der Waals surface area contributed by atoms with Crippen LogP contribution in [0.1, 0.15) is 28.9 Å². The van der Waals surface area contributed by atoms with E-state index in [1.807, 2.05) is 30.3 Å². The van der Waals surface area contributed by atoms with Crippen LogP contribution in [-0.2, 0) is 30.5 Å². The fraction of sp³-hybridized carbons (Fsp3) is 0.226. The van der Waals surface area contributed by atoms with Gasteiger partial charge >= 0.3 is 6.18 Å². The second-order valence-corrected chi connectivity index (χ2v) is 9.74. The summed E-state index contributed by atoms with van der Waals surface area (Å²) in [6, 6.07) is 22.7. The summed E-state index contributed by atoms with van der Waals surface area (Å²) in [5.74, 6) is 0.670. The molecule has 1 aliphatic heterocycles. The van der Waals surface area contributed by atoms with E-state index in [1.54, 1.807) is 24.3 Å². The van der Waals surface area contributed by atoms with Gasteiger partial charge in [-0.25, -0.2) is 14.4 Å². The molecular formula is C31H25F4N3O2. The second kappa shape index (κ2) is 10.7. The Hall–Kier alpha value is -4.24. The van der Waals surface area contributed by atoms with E-state index in [-0.39, 0.29) is 18.6 Å². The maximum absolute atomic E-state index is 15.3. The minimum absolute atomic E-state index is 0.0307. The van der Waals surface area contributed by atoms with Crippen LogP contribution in [0.5, 0.6) is 5.88 Å². The Balaban J connectivity index is 1.18.